The number of nitrogens with zero attached hydrogens (tertiary/aromatic N) is 1. The number of carbonyl (C=O) groups excluding carboxylic acids is 2. The van der Waals surface area contributed by atoms with Gasteiger partial charge in [0.2, 0.25) is 0 Å². The van der Waals surface area contributed by atoms with Crippen molar-refractivity contribution in [3.05, 3.63) is 66.2 Å². The number of aliphatic hydroxyl groups is 1. The molecule has 0 heterocycles. The lowest BCUT2D eigenvalue weighted by atomic mass is 10.2. The van der Waals surface area contributed by atoms with Crippen LogP contribution in [0.15, 0.2) is 60.7 Å². The highest BCUT2D eigenvalue weighted by molar-refractivity contribution is 6.40. The van der Waals surface area contributed by atoms with Crippen LogP contribution < -0.4 is 10.2 Å². The van der Waals surface area contributed by atoms with Gasteiger partial charge in [0.25, 0.3) is 0 Å². The van der Waals surface area contributed by atoms with Crippen molar-refractivity contribution in [2.24, 2.45) is 0 Å². The number of anilines is 1. The molecule has 0 bridgehead atoms. The Hall–Kier alpha value is -2.66. The highest BCUT2D eigenvalue weighted by Gasteiger charge is 2.25. The molecule has 0 aliphatic carbocycles. The van der Waals surface area contributed by atoms with Crippen molar-refractivity contribution in [1.29, 1.82) is 0 Å². The fourth-order valence-electron chi connectivity index (χ4n) is 2.30. The number of aliphatic hydroxyl groups excluding tert-OH is 1. The topological polar surface area (TPSA) is 69.6 Å². The first-order valence-electron chi connectivity index (χ1n) is 7.98. The van der Waals surface area contributed by atoms with E-state index in [2.05, 4.69) is 5.32 Å². The zero-order chi connectivity index (χ0) is 17.4. The Labute approximate surface area is 141 Å². The predicted molar refractivity (Wildman–Crippen MR) is 93.4 cm³/mol. The summed E-state index contributed by atoms with van der Waals surface area (Å²) in [6.07, 6.45) is 0.555. The van der Waals surface area contributed by atoms with Crippen molar-refractivity contribution in [1.82, 2.24) is 5.32 Å². The highest BCUT2D eigenvalue weighted by Crippen LogP contribution is 2.17. The van der Waals surface area contributed by atoms with E-state index in [1.807, 2.05) is 55.5 Å². The number of amides is 2. The molecule has 0 radical (unpaired) electrons. The Morgan fingerprint density at radius 3 is 2.17 bits per heavy atom. The van der Waals surface area contributed by atoms with Crippen LogP contribution in [0.3, 0.4) is 0 Å². The van der Waals surface area contributed by atoms with E-state index in [0.717, 1.165) is 5.56 Å². The summed E-state index contributed by atoms with van der Waals surface area (Å²) in [4.78, 5) is 26.3. The molecular formula is C19H22N2O3. The Morgan fingerprint density at radius 1 is 1.04 bits per heavy atom. The van der Waals surface area contributed by atoms with Crippen LogP contribution in [0.4, 0.5) is 5.69 Å². The average Bonchev–Trinajstić information content (AvgIpc) is 2.65. The molecule has 5 heteroatoms. The third-order valence-corrected chi connectivity index (χ3v) is 3.74. The zero-order valence-electron chi connectivity index (χ0n) is 13.7. The second-order valence-corrected chi connectivity index (χ2v) is 5.47. The van der Waals surface area contributed by atoms with Gasteiger partial charge in [-0.15, -0.1) is 0 Å². The fraction of sp³-hybridized carbons (Fsp3) is 0.263. The molecular weight excluding hydrogens is 304 g/mol. The van der Waals surface area contributed by atoms with Crippen LogP contribution in [-0.4, -0.2) is 29.6 Å². The van der Waals surface area contributed by atoms with Crippen molar-refractivity contribution in [3.63, 3.8) is 0 Å². The molecule has 2 N–H and O–H groups in total. The van der Waals surface area contributed by atoms with Crippen LogP contribution in [0, 0.1) is 0 Å². The van der Waals surface area contributed by atoms with E-state index < -0.39 is 17.9 Å². The summed E-state index contributed by atoms with van der Waals surface area (Å²) in [6.45, 7) is 1.94. The number of rotatable bonds is 6. The summed E-state index contributed by atoms with van der Waals surface area (Å²) in [6, 6.07) is 18.1. The average molecular weight is 326 g/mol. The van der Waals surface area contributed by atoms with Gasteiger partial charge in [0.15, 0.2) is 0 Å². The summed E-state index contributed by atoms with van der Waals surface area (Å²) in [5.74, 6) is -1.35. The molecule has 2 amide bonds. The van der Waals surface area contributed by atoms with Gasteiger partial charge in [-0.3, -0.25) is 14.5 Å². The smallest absolute Gasteiger partial charge is 0.316 e. The molecule has 0 saturated heterocycles. The van der Waals surface area contributed by atoms with E-state index in [1.165, 1.54) is 4.90 Å². The second kappa shape index (κ2) is 8.84. The minimum atomic E-state index is -0.712. The normalized spacial score (nSPS) is 11.6. The maximum absolute atomic E-state index is 12.6. The largest absolute Gasteiger partial charge is 0.394 e. The van der Waals surface area contributed by atoms with Crippen LogP contribution in [0.2, 0.25) is 0 Å². The van der Waals surface area contributed by atoms with Crippen molar-refractivity contribution < 1.29 is 14.7 Å². The van der Waals surface area contributed by atoms with Gasteiger partial charge in [-0.25, -0.2) is 0 Å². The Bertz CT molecular complexity index is 655. The number of hydrogen-bond acceptors (Lipinski definition) is 3. The first-order valence-corrected chi connectivity index (χ1v) is 7.98. The molecule has 1 atom stereocenters. The standard InChI is InChI=1S/C19H22N2O3/c1-2-16(14-22)20-18(23)19(24)21(17-11-7-4-8-12-17)13-15-9-5-3-6-10-15/h3-12,16,22H,2,13-14H2,1H3,(H,20,23). The molecule has 0 aromatic heterocycles. The lowest BCUT2D eigenvalue weighted by molar-refractivity contribution is -0.138. The van der Waals surface area contributed by atoms with Crippen molar-refractivity contribution >= 4 is 17.5 Å². The van der Waals surface area contributed by atoms with Crippen molar-refractivity contribution in [2.75, 3.05) is 11.5 Å². The van der Waals surface area contributed by atoms with Crippen LogP contribution in [0.1, 0.15) is 18.9 Å². The van der Waals surface area contributed by atoms with E-state index in [-0.39, 0.29) is 6.61 Å². The van der Waals surface area contributed by atoms with Crippen molar-refractivity contribution in [2.45, 2.75) is 25.9 Å². The molecule has 2 aromatic carbocycles. The van der Waals surface area contributed by atoms with Gasteiger partial charge in [-0.05, 0) is 24.1 Å². The van der Waals surface area contributed by atoms with Crippen LogP contribution in [0.5, 0.6) is 0 Å². The zero-order valence-corrected chi connectivity index (χ0v) is 13.7. The summed E-state index contributed by atoms with van der Waals surface area (Å²) in [7, 11) is 0. The van der Waals surface area contributed by atoms with Crippen LogP contribution in [0.25, 0.3) is 0 Å². The van der Waals surface area contributed by atoms with E-state index in [0.29, 0.717) is 18.7 Å². The molecule has 126 valence electrons. The number of carbonyl (C=O) groups is 2. The lowest BCUT2D eigenvalue weighted by Crippen LogP contribution is -2.47. The maximum atomic E-state index is 12.6. The van der Waals surface area contributed by atoms with Gasteiger partial charge in [-0.1, -0.05) is 55.5 Å². The summed E-state index contributed by atoms with van der Waals surface area (Å²) in [5, 5.41) is 11.8. The summed E-state index contributed by atoms with van der Waals surface area (Å²) < 4.78 is 0. The van der Waals surface area contributed by atoms with Crippen molar-refractivity contribution in [3.8, 4) is 0 Å². The predicted octanol–water partition coefficient (Wildman–Crippen LogP) is 2.11. The third kappa shape index (κ3) is 4.67. The first kappa shape index (κ1) is 17.7. The Kier molecular flexibility index (Phi) is 6.51. The quantitative estimate of drug-likeness (QED) is 0.799. The van der Waals surface area contributed by atoms with E-state index in [4.69, 9.17) is 0 Å². The summed E-state index contributed by atoms with van der Waals surface area (Å²) in [5.41, 5.74) is 1.58. The monoisotopic (exact) mass is 326 g/mol. The number of nitrogens with one attached hydrogen (secondary N) is 1. The van der Waals surface area contributed by atoms with Crippen LogP contribution >= 0.6 is 0 Å². The molecule has 5 nitrogen and oxygen atoms in total. The molecule has 0 saturated carbocycles. The minimum Gasteiger partial charge on any atom is -0.394 e. The fourth-order valence-corrected chi connectivity index (χ4v) is 2.30. The molecule has 0 fully saturated rings. The van der Waals surface area contributed by atoms with Crippen LogP contribution in [-0.2, 0) is 16.1 Å². The van der Waals surface area contributed by atoms with Gasteiger partial charge >= 0.3 is 11.8 Å². The highest BCUT2D eigenvalue weighted by atomic mass is 16.3. The van der Waals surface area contributed by atoms with Gasteiger partial charge in [0, 0.05) is 5.69 Å². The first-order chi connectivity index (χ1) is 11.7. The molecule has 0 spiro atoms. The summed E-state index contributed by atoms with van der Waals surface area (Å²) >= 11 is 0. The van der Waals surface area contributed by atoms with Gasteiger partial charge in [0.1, 0.15) is 0 Å². The SMILES string of the molecule is CCC(CO)NC(=O)C(=O)N(Cc1ccccc1)c1ccccc1. The van der Waals surface area contributed by atoms with Gasteiger partial charge in [-0.2, -0.15) is 0 Å². The Balaban J connectivity index is 2.22. The number of hydrogen-bond donors (Lipinski definition) is 2. The third-order valence-electron chi connectivity index (χ3n) is 3.74. The Morgan fingerprint density at radius 2 is 1.62 bits per heavy atom. The lowest BCUT2D eigenvalue weighted by Gasteiger charge is -2.23. The van der Waals surface area contributed by atoms with Gasteiger partial charge < -0.3 is 10.4 Å². The van der Waals surface area contributed by atoms with Gasteiger partial charge in [0.05, 0.1) is 19.2 Å². The number of para-hydroxylation sites is 1. The minimum absolute atomic E-state index is 0.195. The van der Waals surface area contributed by atoms with E-state index in [1.54, 1.807) is 12.1 Å². The molecule has 1 unspecified atom stereocenters. The second-order valence-electron chi connectivity index (χ2n) is 5.47. The number of benzene rings is 2. The van der Waals surface area contributed by atoms with E-state index >= 15 is 0 Å². The molecule has 2 aromatic rings. The molecule has 0 aliphatic heterocycles. The molecule has 0 aliphatic rings. The maximum Gasteiger partial charge on any atom is 0.316 e. The molecule has 24 heavy (non-hydrogen) atoms. The van der Waals surface area contributed by atoms with E-state index in [9.17, 15) is 14.7 Å². The molecule has 2 rings (SSSR count).